The summed E-state index contributed by atoms with van der Waals surface area (Å²) in [5.41, 5.74) is 0.507. The minimum Gasteiger partial charge on any atom is -0.343 e. The Hall–Kier alpha value is -0.570. The summed E-state index contributed by atoms with van der Waals surface area (Å²) in [5, 5.41) is 3.31. The molecular formula is C15H30N2O. The third kappa shape index (κ3) is 4.27. The summed E-state index contributed by atoms with van der Waals surface area (Å²) in [7, 11) is 0. The van der Waals surface area contributed by atoms with E-state index >= 15 is 0 Å². The van der Waals surface area contributed by atoms with Crippen molar-refractivity contribution in [2.75, 3.05) is 19.6 Å². The molecular weight excluding hydrogens is 224 g/mol. The van der Waals surface area contributed by atoms with Crippen molar-refractivity contribution < 1.29 is 4.79 Å². The van der Waals surface area contributed by atoms with Crippen molar-refractivity contribution in [1.82, 2.24) is 10.2 Å². The van der Waals surface area contributed by atoms with Gasteiger partial charge in [0, 0.05) is 32.1 Å². The van der Waals surface area contributed by atoms with Gasteiger partial charge in [-0.2, -0.15) is 0 Å². The highest BCUT2D eigenvalue weighted by Gasteiger charge is 2.32. The molecule has 18 heavy (non-hydrogen) atoms. The average Bonchev–Trinajstić information content (AvgIpc) is 2.38. The Morgan fingerprint density at radius 2 is 1.78 bits per heavy atom. The number of amides is 1. The van der Waals surface area contributed by atoms with Gasteiger partial charge in [0.05, 0.1) is 0 Å². The summed E-state index contributed by atoms with van der Waals surface area (Å²) in [6.45, 7) is 11.5. The maximum Gasteiger partial charge on any atom is 0.223 e. The highest BCUT2D eigenvalue weighted by molar-refractivity contribution is 5.76. The van der Waals surface area contributed by atoms with Crippen LogP contribution in [0.3, 0.4) is 0 Å². The first-order valence-corrected chi connectivity index (χ1v) is 7.54. The third-order valence-corrected chi connectivity index (χ3v) is 4.57. The normalized spacial score (nSPS) is 19.3. The van der Waals surface area contributed by atoms with Gasteiger partial charge >= 0.3 is 0 Å². The van der Waals surface area contributed by atoms with Gasteiger partial charge in [-0.05, 0) is 18.3 Å². The van der Waals surface area contributed by atoms with Crippen LogP contribution in [-0.4, -0.2) is 36.5 Å². The lowest BCUT2D eigenvalue weighted by molar-refractivity contribution is -0.133. The lowest BCUT2D eigenvalue weighted by Gasteiger charge is -2.41. The van der Waals surface area contributed by atoms with Crippen LogP contribution in [0.15, 0.2) is 0 Å². The van der Waals surface area contributed by atoms with Gasteiger partial charge in [0.1, 0.15) is 0 Å². The molecule has 3 nitrogen and oxygen atoms in total. The molecule has 1 fully saturated rings. The molecule has 106 valence electrons. The smallest absolute Gasteiger partial charge is 0.223 e. The molecule has 3 heteroatoms. The molecule has 0 aliphatic carbocycles. The van der Waals surface area contributed by atoms with Crippen LogP contribution in [0, 0.1) is 5.41 Å². The molecule has 0 aromatic carbocycles. The zero-order valence-corrected chi connectivity index (χ0v) is 12.6. The molecule has 1 amide bonds. The van der Waals surface area contributed by atoms with Crippen molar-refractivity contribution in [2.24, 2.45) is 5.41 Å². The number of hydrogen-bond acceptors (Lipinski definition) is 2. The zero-order chi connectivity index (χ0) is 13.6. The average molecular weight is 254 g/mol. The van der Waals surface area contributed by atoms with Gasteiger partial charge in [0.25, 0.3) is 0 Å². The Kier molecular flexibility index (Phi) is 6.13. The Balaban J connectivity index is 2.31. The largest absolute Gasteiger partial charge is 0.343 e. The van der Waals surface area contributed by atoms with E-state index < -0.39 is 0 Å². The Labute approximate surface area is 112 Å². The zero-order valence-electron chi connectivity index (χ0n) is 12.6. The molecule has 1 rings (SSSR count). The molecule has 1 aliphatic rings. The number of nitrogens with one attached hydrogen (secondary N) is 1. The quantitative estimate of drug-likeness (QED) is 0.790. The molecule has 1 heterocycles. The van der Waals surface area contributed by atoms with Gasteiger partial charge in [0.2, 0.25) is 5.91 Å². The second kappa shape index (κ2) is 7.13. The van der Waals surface area contributed by atoms with E-state index in [4.69, 9.17) is 0 Å². The topological polar surface area (TPSA) is 32.3 Å². The highest BCUT2D eigenvalue weighted by Crippen LogP contribution is 2.37. The number of likely N-dealkylation sites (tertiary alicyclic amines) is 1. The fraction of sp³-hybridized carbons (Fsp3) is 0.933. The van der Waals surface area contributed by atoms with Crippen molar-refractivity contribution >= 4 is 5.91 Å². The van der Waals surface area contributed by atoms with Crippen LogP contribution in [0.1, 0.15) is 59.8 Å². The Bertz CT molecular complexity index is 249. The molecule has 0 unspecified atom stereocenters. The van der Waals surface area contributed by atoms with E-state index in [0.717, 1.165) is 19.6 Å². The molecule has 0 aromatic heterocycles. The fourth-order valence-electron chi connectivity index (χ4n) is 2.81. The Morgan fingerprint density at radius 3 is 2.22 bits per heavy atom. The van der Waals surface area contributed by atoms with Gasteiger partial charge < -0.3 is 10.2 Å². The molecule has 1 N–H and O–H groups in total. The number of carbonyl (C=O) groups excluding carboxylic acids is 1. The van der Waals surface area contributed by atoms with Crippen LogP contribution in [0.4, 0.5) is 0 Å². The standard InChI is InChI=1S/C15H30N2O/c1-5-15(6-2)8-11-17(12-9-15)14(18)7-10-16-13(3)4/h13,16H,5-12H2,1-4H3. The molecule has 1 aliphatic heterocycles. The molecule has 1 saturated heterocycles. The number of piperidine rings is 1. The SMILES string of the molecule is CCC1(CC)CCN(C(=O)CCNC(C)C)CC1. The second-order valence-electron chi connectivity index (χ2n) is 5.95. The molecule has 0 spiro atoms. The van der Waals surface area contributed by atoms with Crippen LogP contribution in [0.25, 0.3) is 0 Å². The third-order valence-electron chi connectivity index (χ3n) is 4.57. The lowest BCUT2D eigenvalue weighted by atomic mass is 9.74. The number of hydrogen-bond donors (Lipinski definition) is 1. The number of carbonyl (C=O) groups is 1. The van der Waals surface area contributed by atoms with Crippen LogP contribution < -0.4 is 5.32 Å². The van der Waals surface area contributed by atoms with Gasteiger partial charge in [-0.3, -0.25) is 4.79 Å². The summed E-state index contributed by atoms with van der Waals surface area (Å²) >= 11 is 0. The van der Waals surface area contributed by atoms with Crippen LogP contribution in [-0.2, 0) is 4.79 Å². The predicted octanol–water partition coefficient (Wildman–Crippen LogP) is 2.80. The van der Waals surface area contributed by atoms with E-state index in [1.165, 1.54) is 25.7 Å². The fourth-order valence-corrected chi connectivity index (χ4v) is 2.81. The van der Waals surface area contributed by atoms with Crippen LogP contribution in [0.5, 0.6) is 0 Å². The molecule has 0 radical (unpaired) electrons. The first kappa shape index (κ1) is 15.5. The van der Waals surface area contributed by atoms with Gasteiger partial charge in [0.15, 0.2) is 0 Å². The van der Waals surface area contributed by atoms with Gasteiger partial charge in [-0.25, -0.2) is 0 Å². The highest BCUT2D eigenvalue weighted by atomic mass is 16.2. The van der Waals surface area contributed by atoms with Crippen molar-refractivity contribution in [3.05, 3.63) is 0 Å². The first-order chi connectivity index (χ1) is 8.53. The van der Waals surface area contributed by atoms with Crippen molar-refractivity contribution in [3.8, 4) is 0 Å². The maximum atomic E-state index is 12.1. The van der Waals surface area contributed by atoms with E-state index in [0.29, 0.717) is 23.8 Å². The number of rotatable bonds is 6. The molecule has 0 aromatic rings. The summed E-state index contributed by atoms with van der Waals surface area (Å²) < 4.78 is 0. The molecule has 0 atom stereocenters. The molecule has 0 saturated carbocycles. The Morgan fingerprint density at radius 1 is 1.22 bits per heavy atom. The maximum absolute atomic E-state index is 12.1. The minimum absolute atomic E-state index is 0.323. The summed E-state index contributed by atoms with van der Waals surface area (Å²) in [6.07, 6.45) is 5.51. The van der Waals surface area contributed by atoms with E-state index in [1.54, 1.807) is 0 Å². The van der Waals surface area contributed by atoms with E-state index in [-0.39, 0.29) is 0 Å². The second-order valence-corrected chi connectivity index (χ2v) is 5.95. The van der Waals surface area contributed by atoms with E-state index in [9.17, 15) is 4.79 Å². The van der Waals surface area contributed by atoms with E-state index in [2.05, 4.69) is 37.9 Å². The van der Waals surface area contributed by atoms with Crippen LogP contribution >= 0.6 is 0 Å². The monoisotopic (exact) mass is 254 g/mol. The predicted molar refractivity (Wildman–Crippen MR) is 76.6 cm³/mol. The van der Waals surface area contributed by atoms with Gasteiger partial charge in [-0.15, -0.1) is 0 Å². The lowest BCUT2D eigenvalue weighted by Crippen LogP contribution is -2.43. The van der Waals surface area contributed by atoms with Crippen molar-refractivity contribution in [3.63, 3.8) is 0 Å². The van der Waals surface area contributed by atoms with E-state index in [1.807, 2.05) is 0 Å². The molecule has 0 bridgehead atoms. The van der Waals surface area contributed by atoms with Crippen molar-refractivity contribution in [1.29, 1.82) is 0 Å². The summed E-state index contributed by atoms with van der Waals surface area (Å²) in [6, 6.07) is 0.465. The van der Waals surface area contributed by atoms with Crippen molar-refractivity contribution in [2.45, 2.75) is 65.8 Å². The number of nitrogens with zero attached hydrogens (tertiary/aromatic N) is 1. The first-order valence-electron chi connectivity index (χ1n) is 7.54. The van der Waals surface area contributed by atoms with Crippen LogP contribution in [0.2, 0.25) is 0 Å². The minimum atomic E-state index is 0.323. The van der Waals surface area contributed by atoms with Gasteiger partial charge in [-0.1, -0.05) is 40.5 Å². The summed E-state index contributed by atoms with van der Waals surface area (Å²) in [5.74, 6) is 0.323. The summed E-state index contributed by atoms with van der Waals surface area (Å²) in [4.78, 5) is 14.1.